The maximum atomic E-state index is 17.0. The molecule has 10 nitrogen and oxygen atoms in total. The van der Waals surface area contributed by atoms with Crippen LogP contribution >= 0.6 is 0 Å². The molecule has 0 unspecified atom stereocenters. The van der Waals surface area contributed by atoms with Gasteiger partial charge in [0.25, 0.3) is 0 Å². The lowest BCUT2D eigenvalue weighted by Gasteiger charge is -2.40. The van der Waals surface area contributed by atoms with Crippen LogP contribution in [0, 0.1) is 19.7 Å². The predicted octanol–water partition coefficient (Wildman–Crippen LogP) is 4.80. The highest BCUT2D eigenvalue weighted by Crippen LogP contribution is 2.45. The number of benzene rings is 2. The number of hydrogen-bond donors (Lipinski definition) is 1. The monoisotopic (exact) mass is 593 g/mol. The first-order valence-electron chi connectivity index (χ1n) is 14.7. The van der Waals surface area contributed by atoms with Gasteiger partial charge >= 0.3 is 5.69 Å². The zero-order valence-corrected chi connectivity index (χ0v) is 25.0. The number of pyridine rings is 1. The zero-order chi connectivity index (χ0) is 30.9. The van der Waals surface area contributed by atoms with E-state index in [-0.39, 0.29) is 30.2 Å². The average molecular weight is 594 g/mol. The highest BCUT2D eigenvalue weighted by atomic mass is 19.1. The maximum absolute atomic E-state index is 17.0. The van der Waals surface area contributed by atoms with Gasteiger partial charge in [-0.25, -0.2) is 9.18 Å². The number of amides is 1. The summed E-state index contributed by atoms with van der Waals surface area (Å²) in [4.78, 5) is 39.6. The van der Waals surface area contributed by atoms with E-state index in [9.17, 15) is 9.59 Å². The van der Waals surface area contributed by atoms with E-state index >= 15 is 4.39 Å². The summed E-state index contributed by atoms with van der Waals surface area (Å²) in [7, 11) is 0. The lowest BCUT2D eigenvalue weighted by Crippen LogP contribution is -2.56. The second kappa shape index (κ2) is 10.3. The van der Waals surface area contributed by atoms with Crippen LogP contribution in [0.5, 0.6) is 5.75 Å². The number of aromatic amines is 1. The summed E-state index contributed by atoms with van der Waals surface area (Å²) >= 11 is 0. The van der Waals surface area contributed by atoms with Gasteiger partial charge < -0.3 is 14.5 Å². The van der Waals surface area contributed by atoms with Crippen molar-refractivity contribution in [3.05, 3.63) is 82.4 Å². The summed E-state index contributed by atoms with van der Waals surface area (Å²) in [6.45, 7) is 12.7. The zero-order valence-electron chi connectivity index (χ0n) is 25.0. The third kappa shape index (κ3) is 4.10. The molecule has 7 rings (SSSR count). The summed E-state index contributed by atoms with van der Waals surface area (Å²) < 4.78 is 24.9. The molecular weight excluding hydrogens is 561 g/mol. The number of aromatic nitrogens is 5. The van der Waals surface area contributed by atoms with Crippen LogP contribution in [0.15, 0.2) is 54.1 Å². The highest BCUT2D eigenvalue weighted by Gasteiger charge is 2.37. The average Bonchev–Trinajstić information content (AvgIpc) is 3.42. The molecule has 2 aliphatic heterocycles. The standard InChI is InChI=1S/C33H32FN7O3/c1-6-25(42)39-11-12-40-20(15-39)16-44-31-27-24(13-21(28(31)34)26-18(4)7-8-23-22(26)14-36-38-23)41(33(43)37-32(27)40)30-19(5)9-10-35-29(30)17(2)3/h6-10,13-14,17,20H,1,11-12,15-16H2,2-5H3,(H,36,38)/t20-/m1/s1. The van der Waals surface area contributed by atoms with Crippen LogP contribution in [0.2, 0.25) is 0 Å². The molecule has 11 heteroatoms. The van der Waals surface area contributed by atoms with E-state index < -0.39 is 11.5 Å². The number of rotatable bonds is 4. The Kier molecular flexibility index (Phi) is 6.49. The maximum Gasteiger partial charge on any atom is 0.354 e. The van der Waals surface area contributed by atoms with Crippen molar-refractivity contribution < 1.29 is 13.9 Å². The molecule has 0 bridgehead atoms. The molecule has 1 amide bonds. The Bertz CT molecular complexity index is 2060. The van der Waals surface area contributed by atoms with Crippen molar-refractivity contribution in [1.82, 2.24) is 29.6 Å². The normalized spacial score (nSPS) is 16.3. The smallest absolute Gasteiger partial charge is 0.354 e. The fraction of sp³-hybridized carbons (Fsp3) is 0.303. The number of ether oxygens (including phenoxy) is 1. The lowest BCUT2D eigenvalue weighted by atomic mass is 9.94. The van der Waals surface area contributed by atoms with Crippen LogP contribution in [0.4, 0.5) is 10.2 Å². The van der Waals surface area contributed by atoms with Gasteiger partial charge in [-0.15, -0.1) is 0 Å². The molecular formula is C33H32FN7O3. The number of carbonyl (C=O) groups excluding carboxylic acids is 1. The molecule has 1 fully saturated rings. The van der Waals surface area contributed by atoms with Crippen molar-refractivity contribution >= 4 is 33.5 Å². The van der Waals surface area contributed by atoms with Crippen LogP contribution in [-0.2, 0) is 4.79 Å². The van der Waals surface area contributed by atoms with Gasteiger partial charge in [-0.3, -0.25) is 19.4 Å². The number of carbonyl (C=O) groups is 1. The number of fused-ring (bicyclic) bond motifs is 3. The number of aryl methyl sites for hydroxylation is 2. The van der Waals surface area contributed by atoms with Crippen LogP contribution in [0.1, 0.15) is 36.6 Å². The summed E-state index contributed by atoms with van der Waals surface area (Å²) in [6, 6.07) is 7.06. The van der Waals surface area contributed by atoms with Gasteiger partial charge in [0.15, 0.2) is 11.6 Å². The Morgan fingerprint density at radius 1 is 1.20 bits per heavy atom. The molecule has 0 saturated carbocycles. The van der Waals surface area contributed by atoms with E-state index in [1.807, 2.05) is 50.8 Å². The number of piperazine rings is 1. The Labute approximate surface area is 252 Å². The molecule has 2 aliphatic rings. The summed E-state index contributed by atoms with van der Waals surface area (Å²) in [6.07, 6.45) is 4.69. The number of nitrogens with one attached hydrogen (secondary N) is 1. The molecule has 5 heterocycles. The van der Waals surface area contributed by atoms with E-state index in [0.29, 0.717) is 53.2 Å². The Hall–Kier alpha value is -5.06. The molecule has 0 radical (unpaired) electrons. The molecule has 0 spiro atoms. The molecule has 0 aliphatic carbocycles. The van der Waals surface area contributed by atoms with Crippen molar-refractivity contribution in [2.75, 3.05) is 31.1 Å². The first kappa shape index (κ1) is 27.8. The third-order valence-electron chi connectivity index (χ3n) is 8.75. The Morgan fingerprint density at radius 3 is 2.80 bits per heavy atom. The highest BCUT2D eigenvalue weighted by molar-refractivity contribution is 6.04. The summed E-state index contributed by atoms with van der Waals surface area (Å²) in [5.41, 5.74) is 4.71. The molecule has 2 aromatic carbocycles. The molecule has 3 aromatic heterocycles. The molecule has 44 heavy (non-hydrogen) atoms. The number of H-pyrrole nitrogens is 1. The van der Waals surface area contributed by atoms with Crippen molar-refractivity contribution in [2.24, 2.45) is 0 Å². The van der Waals surface area contributed by atoms with Crippen molar-refractivity contribution in [3.63, 3.8) is 0 Å². The number of anilines is 1. The van der Waals surface area contributed by atoms with Crippen LogP contribution < -0.4 is 15.3 Å². The molecule has 1 saturated heterocycles. The topological polar surface area (TPSA) is 109 Å². The molecule has 1 N–H and O–H groups in total. The first-order chi connectivity index (χ1) is 21.2. The number of nitrogens with zero attached hydrogens (tertiary/aromatic N) is 6. The SMILES string of the molecule is C=CC(=O)N1CCN2c3nc(=O)n(-c4c(C)ccnc4C(C)C)c4cc(-c5c(C)ccc6[nH]ncc56)c(F)c(c34)OC[C@H]2C1. The quantitative estimate of drug-likeness (QED) is 0.298. The minimum absolute atomic E-state index is 0.000345. The Balaban J connectivity index is 1.59. The van der Waals surface area contributed by atoms with E-state index in [4.69, 9.17) is 4.74 Å². The second-order valence-corrected chi connectivity index (χ2v) is 11.8. The van der Waals surface area contributed by atoms with Gasteiger partial charge in [0.2, 0.25) is 5.91 Å². The first-order valence-corrected chi connectivity index (χ1v) is 14.7. The van der Waals surface area contributed by atoms with Gasteiger partial charge in [-0.1, -0.05) is 26.5 Å². The lowest BCUT2D eigenvalue weighted by molar-refractivity contribution is -0.126. The van der Waals surface area contributed by atoms with Crippen molar-refractivity contribution in [3.8, 4) is 22.6 Å². The van der Waals surface area contributed by atoms with Crippen molar-refractivity contribution in [1.29, 1.82) is 0 Å². The van der Waals surface area contributed by atoms with Crippen LogP contribution in [0.3, 0.4) is 0 Å². The molecule has 224 valence electrons. The van der Waals surface area contributed by atoms with E-state index in [0.717, 1.165) is 27.7 Å². The number of halogens is 1. The van der Waals surface area contributed by atoms with E-state index in [1.165, 1.54) is 6.08 Å². The van der Waals surface area contributed by atoms with Gasteiger partial charge in [-0.2, -0.15) is 10.1 Å². The predicted molar refractivity (Wildman–Crippen MR) is 167 cm³/mol. The summed E-state index contributed by atoms with van der Waals surface area (Å²) in [5, 5.41) is 8.34. The Morgan fingerprint density at radius 2 is 2.02 bits per heavy atom. The largest absolute Gasteiger partial charge is 0.487 e. The fourth-order valence-electron chi connectivity index (χ4n) is 6.61. The number of hydrogen-bond acceptors (Lipinski definition) is 7. The minimum Gasteiger partial charge on any atom is -0.487 e. The van der Waals surface area contributed by atoms with Crippen LogP contribution in [0.25, 0.3) is 38.6 Å². The minimum atomic E-state index is -0.548. The van der Waals surface area contributed by atoms with E-state index in [2.05, 4.69) is 26.7 Å². The van der Waals surface area contributed by atoms with Crippen LogP contribution in [-0.4, -0.2) is 67.8 Å². The molecule has 1 atom stereocenters. The second-order valence-electron chi connectivity index (χ2n) is 11.8. The van der Waals surface area contributed by atoms with Gasteiger partial charge in [0, 0.05) is 36.8 Å². The fourth-order valence-corrected chi connectivity index (χ4v) is 6.61. The van der Waals surface area contributed by atoms with Gasteiger partial charge in [-0.05, 0) is 60.7 Å². The third-order valence-corrected chi connectivity index (χ3v) is 8.75. The van der Waals surface area contributed by atoms with Crippen molar-refractivity contribution in [2.45, 2.75) is 39.7 Å². The van der Waals surface area contributed by atoms with Gasteiger partial charge in [0.05, 0.1) is 40.0 Å². The summed E-state index contributed by atoms with van der Waals surface area (Å²) in [5.74, 6) is -0.364. The van der Waals surface area contributed by atoms with Gasteiger partial charge in [0.1, 0.15) is 12.4 Å². The molecule has 5 aromatic rings. The van der Waals surface area contributed by atoms with E-state index in [1.54, 1.807) is 27.9 Å².